The molecule has 1 aliphatic heterocycles. The molecule has 5 aliphatic rings. The number of ketones is 2. The summed E-state index contributed by atoms with van der Waals surface area (Å²) < 4.78 is 18.8. The van der Waals surface area contributed by atoms with Crippen molar-refractivity contribution in [2.75, 3.05) is 6.61 Å². The summed E-state index contributed by atoms with van der Waals surface area (Å²) in [6.45, 7) is 8.25. The van der Waals surface area contributed by atoms with Crippen LogP contribution in [-0.4, -0.2) is 53.3 Å². The molecule has 1 N–H and O–H groups in total. The van der Waals surface area contributed by atoms with Crippen molar-refractivity contribution in [2.45, 2.75) is 167 Å². The number of fused-ring (bicyclic) bond motifs is 7. The molecule has 7 heteroatoms. The minimum Gasteiger partial charge on any atom is -0.458 e. The van der Waals surface area contributed by atoms with Gasteiger partial charge in [-0.3, -0.25) is 14.4 Å². The standard InChI is InChI=1S/C39H60O7/c1-5-7-8-9-10-11-12-13-14-15-16-18-34(43)44-26-32(42)39-33(45-35(46-39)17-6-2)24-30-29-20-19-27-23-28(40)21-22-37(27,3)36(29)31(41)25-38(30,39)4/h21-23,29-31,33,35-36,41H,5-20,24-26H2,1-4H3/t29-,30-,31-,33+,35+,36+,37-,38-,39+/m0/s1. The van der Waals surface area contributed by atoms with Crippen LogP contribution in [0.1, 0.15) is 143 Å². The maximum Gasteiger partial charge on any atom is 0.306 e. The Labute approximate surface area is 277 Å². The summed E-state index contributed by atoms with van der Waals surface area (Å²) >= 11 is 0. The Bertz CT molecular complexity index is 1160. The number of Topliss-reactive ketones (excluding diaryl/α,β-unsaturated/α-hetero) is 1. The summed E-state index contributed by atoms with van der Waals surface area (Å²) in [7, 11) is 0. The Morgan fingerprint density at radius 1 is 0.978 bits per heavy atom. The molecule has 0 aromatic heterocycles. The number of hydrogen-bond acceptors (Lipinski definition) is 7. The van der Waals surface area contributed by atoms with Crippen LogP contribution in [0.4, 0.5) is 0 Å². The van der Waals surface area contributed by atoms with Gasteiger partial charge >= 0.3 is 5.97 Å². The van der Waals surface area contributed by atoms with Crippen molar-refractivity contribution in [3.05, 3.63) is 23.8 Å². The maximum absolute atomic E-state index is 14.3. The van der Waals surface area contributed by atoms with E-state index in [1.807, 2.05) is 6.08 Å². The molecule has 5 rings (SSSR count). The number of ether oxygens (including phenoxy) is 3. The summed E-state index contributed by atoms with van der Waals surface area (Å²) in [6, 6.07) is 0. The minimum atomic E-state index is -1.25. The Balaban J connectivity index is 1.19. The zero-order chi connectivity index (χ0) is 33.0. The molecule has 0 amide bonds. The summed E-state index contributed by atoms with van der Waals surface area (Å²) in [6.07, 6.45) is 21.8. The molecule has 4 fully saturated rings. The number of rotatable bonds is 17. The number of carbonyl (C=O) groups excluding carboxylic acids is 3. The van der Waals surface area contributed by atoms with E-state index in [0.29, 0.717) is 25.7 Å². The lowest BCUT2D eigenvalue weighted by atomic mass is 9.46. The number of unbranched alkanes of at least 4 members (excludes halogenated alkanes) is 10. The number of aliphatic hydroxyl groups is 1. The number of esters is 1. The number of allylic oxidation sites excluding steroid dienone is 4. The third-order valence-corrected chi connectivity index (χ3v) is 12.6. The van der Waals surface area contributed by atoms with Crippen LogP contribution < -0.4 is 0 Å². The second kappa shape index (κ2) is 15.2. The molecule has 0 aromatic rings. The van der Waals surface area contributed by atoms with Gasteiger partial charge in [0.1, 0.15) is 0 Å². The molecule has 0 radical (unpaired) electrons. The highest BCUT2D eigenvalue weighted by Gasteiger charge is 2.75. The predicted molar refractivity (Wildman–Crippen MR) is 178 cm³/mol. The van der Waals surface area contributed by atoms with E-state index >= 15 is 0 Å². The first-order valence-electron chi connectivity index (χ1n) is 18.7. The first kappa shape index (κ1) is 35.5. The fraction of sp³-hybridized carbons (Fsp3) is 0.821. The molecule has 0 spiro atoms. The van der Waals surface area contributed by atoms with Gasteiger partial charge in [0, 0.05) is 23.2 Å². The lowest BCUT2D eigenvalue weighted by molar-refractivity contribution is -0.201. The molecule has 0 unspecified atom stereocenters. The molecular formula is C39H60O7. The summed E-state index contributed by atoms with van der Waals surface area (Å²) in [5.41, 5.74) is -1.20. The van der Waals surface area contributed by atoms with Crippen molar-refractivity contribution < 1.29 is 33.7 Å². The molecule has 258 valence electrons. The molecule has 46 heavy (non-hydrogen) atoms. The number of carbonyl (C=O) groups is 3. The van der Waals surface area contributed by atoms with E-state index in [4.69, 9.17) is 14.2 Å². The maximum atomic E-state index is 14.3. The van der Waals surface area contributed by atoms with Gasteiger partial charge in [-0.25, -0.2) is 0 Å². The van der Waals surface area contributed by atoms with E-state index < -0.39 is 29.5 Å². The normalized spacial score (nSPS) is 37.7. The first-order valence-corrected chi connectivity index (χ1v) is 18.7. The van der Waals surface area contributed by atoms with Crippen molar-refractivity contribution in [3.63, 3.8) is 0 Å². The van der Waals surface area contributed by atoms with Gasteiger partial charge < -0.3 is 19.3 Å². The van der Waals surface area contributed by atoms with Crippen LogP contribution in [0.5, 0.6) is 0 Å². The zero-order valence-electron chi connectivity index (χ0n) is 29.0. The van der Waals surface area contributed by atoms with E-state index in [0.717, 1.165) is 44.1 Å². The van der Waals surface area contributed by atoms with E-state index in [2.05, 4.69) is 27.7 Å². The molecule has 7 nitrogen and oxygen atoms in total. The molecule has 0 bridgehead atoms. The Kier molecular flexibility index (Phi) is 11.7. The second-order valence-electron chi connectivity index (χ2n) is 15.5. The largest absolute Gasteiger partial charge is 0.458 e. The Hall–Kier alpha value is -1.83. The first-order chi connectivity index (χ1) is 22.1. The van der Waals surface area contributed by atoms with Crippen LogP contribution in [0.2, 0.25) is 0 Å². The lowest BCUT2D eigenvalue weighted by Crippen LogP contribution is -2.63. The van der Waals surface area contributed by atoms with Crippen LogP contribution in [0.3, 0.4) is 0 Å². The highest BCUT2D eigenvalue weighted by molar-refractivity contribution is 6.01. The number of hydrogen-bond donors (Lipinski definition) is 1. The van der Waals surface area contributed by atoms with Gasteiger partial charge in [-0.2, -0.15) is 0 Å². The van der Waals surface area contributed by atoms with Crippen LogP contribution >= 0.6 is 0 Å². The second-order valence-corrected chi connectivity index (χ2v) is 15.5. The quantitative estimate of drug-likeness (QED) is 0.127. The fourth-order valence-electron chi connectivity index (χ4n) is 10.3. The van der Waals surface area contributed by atoms with Gasteiger partial charge in [-0.1, -0.05) is 110 Å². The molecule has 3 saturated carbocycles. The fourth-order valence-corrected chi connectivity index (χ4v) is 10.3. The van der Waals surface area contributed by atoms with Gasteiger partial charge in [0.25, 0.3) is 0 Å². The smallest absolute Gasteiger partial charge is 0.306 e. The van der Waals surface area contributed by atoms with E-state index in [-0.39, 0.29) is 47.3 Å². The summed E-state index contributed by atoms with van der Waals surface area (Å²) in [4.78, 5) is 39.2. The summed E-state index contributed by atoms with van der Waals surface area (Å²) in [5.74, 6) is -0.329. The van der Waals surface area contributed by atoms with E-state index in [9.17, 15) is 19.5 Å². The lowest BCUT2D eigenvalue weighted by Gasteiger charge is -2.59. The Morgan fingerprint density at radius 2 is 1.65 bits per heavy atom. The highest BCUT2D eigenvalue weighted by Crippen LogP contribution is 2.69. The van der Waals surface area contributed by atoms with Crippen molar-refractivity contribution in [1.82, 2.24) is 0 Å². The zero-order valence-corrected chi connectivity index (χ0v) is 29.0. The monoisotopic (exact) mass is 640 g/mol. The van der Waals surface area contributed by atoms with Crippen molar-refractivity contribution >= 4 is 17.5 Å². The molecule has 9 atom stereocenters. The van der Waals surface area contributed by atoms with Crippen molar-refractivity contribution in [1.29, 1.82) is 0 Å². The number of aliphatic hydroxyl groups excluding tert-OH is 1. The van der Waals surface area contributed by atoms with Crippen LogP contribution in [-0.2, 0) is 28.6 Å². The van der Waals surface area contributed by atoms with E-state index in [1.165, 1.54) is 51.4 Å². The minimum absolute atomic E-state index is 0.0165. The van der Waals surface area contributed by atoms with Crippen LogP contribution in [0, 0.1) is 28.6 Å². The van der Waals surface area contributed by atoms with Gasteiger partial charge in [0.05, 0.1) is 12.2 Å². The van der Waals surface area contributed by atoms with Crippen LogP contribution in [0.25, 0.3) is 0 Å². The average Bonchev–Trinajstić information content (AvgIpc) is 3.50. The third-order valence-electron chi connectivity index (χ3n) is 12.6. The topological polar surface area (TPSA) is 99.1 Å². The molecule has 0 aromatic carbocycles. The predicted octanol–water partition coefficient (Wildman–Crippen LogP) is 7.97. The van der Waals surface area contributed by atoms with Crippen LogP contribution in [0.15, 0.2) is 23.8 Å². The highest BCUT2D eigenvalue weighted by atomic mass is 16.7. The molecule has 1 heterocycles. The van der Waals surface area contributed by atoms with Gasteiger partial charge in [-0.15, -0.1) is 0 Å². The van der Waals surface area contributed by atoms with Gasteiger partial charge in [-0.05, 0) is 62.5 Å². The Morgan fingerprint density at radius 3 is 2.33 bits per heavy atom. The summed E-state index contributed by atoms with van der Waals surface area (Å²) in [5, 5.41) is 11.9. The van der Waals surface area contributed by atoms with Crippen molar-refractivity contribution in [3.8, 4) is 0 Å². The molecular weight excluding hydrogens is 580 g/mol. The third kappa shape index (κ3) is 6.72. The molecule has 1 saturated heterocycles. The SMILES string of the molecule is CCCCCCCCCCCCCC(=O)OCC(=O)[C@@]12O[C@H](CCC)O[C@@H]1C[C@H]1[C@@H]3CCC4=CC(=O)C=C[C@]4(C)[C@H]3[C@@H](O)C[C@@]12C. The van der Waals surface area contributed by atoms with Gasteiger partial charge in [0.15, 0.2) is 24.3 Å². The van der Waals surface area contributed by atoms with Crippen molar-refractivity contribution in [2.24, 2.45) is 28.6 Å². The average molecular weight is 641 g/mol. The molecule has 4 aliphatic carbocycles. The van der Waals surface area contributed by atoms with Gasteiger partial charge in [0.2, 0.25) is 5.78 Å². The van der Waals surface area contributed by atoms with E-state index in [1.54, 1.807) is 12.2 Å².